The third-order valence-corrected chi connectivity index (χ3v) is 8.44. The predicted molar refractivity (Wildman–Crippen MR) is 155 cm³/mol. The molecule has 4 rings (SSSR count). The fraction of sp³-hybridized carbons (Fsp3) is 0.500. The summed E-state index contributed by atoms with van der Waals surface area (Å²) in [6.07, 6.45) is 14.9. The summed E-state index contributed by atoms with van der Waals surface area (Å²) in [7, 11) is 1.68. The maximum Gasteiger partial charge on any atom is 0.152 e. The summed E-state index contributed by atoms with van der Waals surface area (Å²) in [5.41, 5.74) is 3.60. The molecule has 0 spiro atoms. The second-order valence-corrected chi connectivity index (χ2v) is 10.8. The van der Waals surface area contributed by atoms with E-state index in [1.165, 1.54) is 44.1 Å². The van der Waals surface area contributed by atoms with Crippen LogP contribution < -0.4 is 4.74 Å². The highest BCUT2D eigenvalue weighted by atomic mass is 19.1. The van der Waals surface area contributed by atoms with Gasteiger partial charge in [0.15, 0.2) is 6.29 Å². The molecule has 2 aromatic rings. The zero-order valence-corrected chi connectivity index (χ0v) is 23.7. The van der Waals surface area contributed by atoms with Crippen molar-refractivity contribution < 1.29 is 18.7 Å². The van der Waals surface area contributed by atoms with Crippen LogP contribution in [0.1, 0.15) is 98.2 Å². The molecule has 2 aliphatic carbocycles. The standard InChI is InChI=1S/C21H27FO.C13H18O2/c1-2-15-3-5-16(6-4-15)17-7-9-18(10-8-17)19-11-12-20(14-23)21(22)13-19;1-5-15-13-7-6-12(10(2)8-13)9-11(3)14-4/h2,11-18H,1,3-10H2;6-9H,5H2,1-4H3/b;11-9+. The third kappa shape index (κ3) is 8.31. The SMILES string of the molecule is C=CC1CCC(C2CCC(c3ccc(C=O)c(F)c3)CC2)CC1.CCOc1ccc(/C=C(\C)OC)c(C)c1. The normalized spacial score (nSPS) is 23.6. The largest absolute Gasteiger partial charge is 0.501 e. The molecule has 2 aliphatic rings. The summed E-state index contributed by atoms with van der Waals surface area (Å²) < 4.78 is 24.3. The van der Waals surface area contributed by atoms with E-state index in [0.717, 1.165) is 53.2 Å². The summed E-state index contributed by atoms with van der Waals surface area (Å²) in [6.45, 7) is 10.6. The van der Waals surface area contributed by atoms with E-state index in [0.29, 0.717) is 18.8 Å². The lowest BCUT2D eigenvalue weighted by Crippen LogP contribution is -2.25. The van der Waals surface area contributed by atoms with Crippen molar-refractivity contribution in [1.82, 2.24) is 0 Å². The van der Waals surface area contributed by atoms with Crippen LogP contribution in [0.15, 0.2) is 54.8 Å². The van der Waals surface area contributed by atoms with E-state index in [1.807, 2.05) is 44.2 Å². The van der Waals surface area contributed by atoms with Crippen molar-refractivity contribution in [3.8, 4) is 5.75 Å². The number of ether oxygens (including phenoxy) is 2. The summed E-state index contributed by atoms with van der Waals surface area (Å²) in [4.78, 5) is 10.7. The molecule has 0 radical (unpaired) electrons. The molecular weight excluding hydrogens is 475 g/mol. The summed E-state index contributed by atoms with van der Waals surface area (Å²) >= 11 is 0. The lowest BCUT2D eigenvalue weighted by Gasteiger charge is -2.37. The first-order valence-electron chi connectivity index (χ1n) is 14.2. The second kappa shape index (κ2) is 14.9. The highest BCUT2D eigenvalue weighted by molar-refractivity contribution is 5.75. The molecule has 206 valence electrons. The summed E-state index contributed by atoms with van der Waals surface area (Å²) in [6, 6.07) is 11.2. The van der Waals surface area contributed by atoms with Gasteiger partial charge in [0.2, 0.25) is 0 Å². The smallest absolute Gasteiger partial charge is 0.152 e. The number of benzene rings is 2. The molecule has 0 heterocycles. The molecule has 2 saturated carbocycles. The van der Waals surface area contributed by atoms with Crippen molar-refractivity contribution in [2.45, 2.75) is 78.1 Å². The van der Waals surface area contributed by atoms with Crippen LogP contribution in [0, 0.1) is 30.5 Å². The number of aldehydes is 1. The quantitative estimate of drug-likeness (QED) is 0.198. The Balaban J connectivity index is 0.000000232. The zero-order valence-electron chi connectivity index (χ0n) is 23.7. The van der Waals surface area contributed by atoms with Crippen LogP contribution in [0.3, 0.4) is 0 Å². The summed E-state index contributed by atoms with van der Waals surface area (Å²) in [5.74, 6) is 4.40. The van der Waals surface area contributed by atoms with Crippen LogP contribution in [0.25, 0.3) is 6.08 Å². The van der Waals surface area contributed by atoms with Crippen LogP contribution in [-0.2, 0) is 4.74 Å². The van der Waals surface area contributed by atoms with Gasteiger partial charge in [0.25, 0.3) is 0 Å². The van der Waals surface area contributed by atoms with Gasteiger partial charge >= 0.3 is 0 Å². The van der Waals surface area contributed by atoms with E-state index < -0.39 is 0 Å². The molecule has 0 amide bonds. The maximum atomic E-state index is 13.8. The Morgan fingerprint density at radius 3 is 2.13 bits per heavy atom. The van der Waals surface area contributed by atoms with E-state index in [2.05, 4.69) is 19.6 Å². The van der Waals surface area contributed by atoms with Gasteiger partial charge in [0.05, 0.1) is 25.0 Å². The minimum Gasteiger partial charge on any atom is -0.501 e. The van der Waals surface area contributed by atoms with Crippen LogP contribution in [-0.4, -0.2) is 20.0 Å². The highest BCUT2D eigenvalue weighted by Crippen LogP contribution is 2.44. The van der Waals surface area contributed by atoms with Gasteiger partial charge in [-0.2, -0.15) is 0 Å². The van der Waals surface area contributed by atoms with Gasteiger partial charge in [-0.15, -0.1) is 6.58 Å². The van der Waals surface area contributed by atoms with Crippen molar-refractivity contribution in [2.24, 2.45) is 17.8 Å². The molecule has 38 heavy (non-hydrogen) atoms. The molecule has 0 aliphatic heterocycles. The minimum absolute atomic E-state index is 0.168. The third-order valence-electron chi connectivity index (χ3n) is 8.44. The molecule has 0 atom stereocenters. The average Bonchev–Trinajstić information content (AvgIpc) is 2.95. The number of hydrogen-bond acceptors (Lipinski definition) is 3. The Bertz CT molecular complexity index is 1070. The monoisotopic (exact) mass is 520 g/mol. The fourth-order valence-electron chi connectivity index (χ4n) is 6.01. The Morgan fingerprint density at radius 1 is 0.974 bits per heavy atom. The maximum absolute atomic E-state index is 13.8. The van der Waals surface area contributed by atoms with Gasteiger partial charge in [0.1, 0.15) is 11.6 Å². The molecule has 3 nitrogen and oxygen atoms in total. The highest BCUT2D eigenvalue weighted by Gasteiger charge is 2.30. The van der Waals surface area contributed by atoms with E-state index in [1.54, 1.807) is 19.2 Å². The van der Waals surface area contributed by atoms with Gasteiger partial charge in [-0.05, 0) is 143 Å². The van der Waals surface area contributed by atoms with Gasteiger partial charge < -0.3 is 9.47 Å². The van der Waals surface area contributed by atoms with Gasteiger partial charge in [0, 0.05) is 0 Å². The van der Waals surface area contributed by atoms with Gasteiger partial charge in [-0.1, -0.05) is 18.2 Å². The second-order valence-electron chi connectivity index (χ2n) is 10.8. The number of rotatable bonds is 8. The van der Waals surface area contributed by atoms with Gasteiger partial charge in [-0.3, -0.25) is 4.79 Å². The number of methoxy groups -OCH3 is 1. The molecule has 0 aromatic heterocycles. The van der Waals surface area contributed by atoms with Crippen molar-refractivity contribution in [2.75, 3.05) is 13.7 Å². The lowest BCUT2D eigenvalue weighted by atomic mass is 9.68. The molecule has 2 aromatic carbocycles. The minimum atomic E-state index is -0.373. The van der Waals surface area contributed by atoms with Gasteiger partial charge in [-0.25, -0.2) is 4.39 Å². The number of hydrogen-bond donors (Lipinski definition) is 0. The first kappa shape index (κ1) is 29.7. The molecule has 0 N–H and O–H groups in total. The van der Waals surface area contributed by atoms with Crippen molar-refractivity contribution in [1.29, 1.82) is 0 Å². The Labute approximate surface area is 229 Å². The first-order valence-corrected chi connectivity index (χ1v) is 14.2. The fourth-order valence-corrected chi connectivity index (χ4v) is 6.01. The van der Waals surface area contributed by atoms with Crippen LogP contribution in [0.4, 0.5) is 4.39 Å². The van der Waals surface area contributed by atoms with Crippen molar-refractivity contribution in [3.63, 3.8) is 0 Å². The molecule has 0 bridgehead atoms. The van der Waals surface area contributed by atoms with Crippen LogP contribution in [0.2, 0.25) is 0 Å². The van der Waals surface area contributed by atoms with Crippen LogP contribution in [0.5, 0.6) is 5.75 Å². The van der Waals surface area contributed by atoms with E-state index >= 15 is 0 Å². The molecular formula is C34H45FO3. The van der Waals surface area contributed by atoms with Crippen molar-refractivity contribution in [3.05, 3.63) is 82.9 Å². The van der Waals surface area contributed by atoms with E-state index in [9.17, 15) is 9.18 Å². The van der Waals surface area contributed by atoms with E-state index in [4.69, 9.17) is 9.47 Å². The number of carbonyl (C=O) groups excluding carboxylic acids is 1. The number of carbonyl (C=O) groups is 1. The molecule has 0 saturated heterocycles. The number of allylic oxidation sites excluding steroid dienone is 2. The number of aryl methyl sites for hydroxylation is 1. The Kier molecular flexibility index (Phi) is 11.6. The predicted octanol–water partition coefficient (Wildman–Crippen LogP) is 9.31. The first-order chi connectivity index (χ1) is 18.4. The number of halogens is 1. The van der Waals surface area contributed by atoms with Crippen molar-refractivity contribution >= 4 is 12.4 Å². The van der Waals surface area contributed by atoms with E-state index in [-0.39, 0.29) is 11.4 Å². The Morgan fingerprint density at radius 2 is 1.61 bits per heavy atom. The molecule has 2 fully saturated rings. The lowest BCUT2D eigenvalue weighted by molar-refractivity contribution is 0.111. The molecule has 0 unspecified atom stereocenters. The van der Waals surface area contributed by atoms with Crippen LogP contribution >= 0.6 is 0 Å². The summed E-state index contributed by atoms with van der Waals surface area (Å²) in [5, 5.41) is 0. The zero-order chi connectivity index (χ0) is 27.5. The Hall–Kier alpha value is -2.88. The molecule has 4 heteroatoms. The average molecular weight is 521 g/mol. The topological polar surface area (TPSA) is 35.5 Å².